The Morgan fingerprint density at radius 3 is 2.83 bits per heavy atom. The van der Waals surface area contributed by atoms with Gasteiger partial charge in [0.25, 0.3) is 0 Å². The van der Waals surface area contributed by atoms with Gasteiger partial charge in [0, 0.05) is 4.11 Å². The summed E-state index contributed by atoms with van der Waals surface area (Å²) in [5.41, 5.74) is 2.50. The summed E-state index contributed by atoms with van der Waals surface area (Å²) in [5, 5.41) is 9.13. The van der Waals surface area contributed by atoms with Gasteiger partial charge in [-0.1, -0.05) is 18.2 Å². The molecule has 0 saturated heterocycles. The number of nitriles is 1. The molecule has 0 aliphatic carbocycles. The first-order valence-corrected chi connectivity index (χ1v) is 7.91. The monoisotopic (exact) mass is 326 g/mol. The number of hydrogen-bond donors (Lipinski definition) is 0. The number of hydrogen-bond acceptors (Lipinski definition) is 3. The molecule has 0 saturated carbocycles. The molecule has 124 valence electrons. The zero-order valence-electron chi connectivity index (χ0n) is 16.6. The molecule has 0 amide bonds. The molecule has 0 N–H and O–H groups in total. The second-order valence-corrected chi connectivity index (χ2v) is 6.13. The van der Waals surface area contributed by atoms with Crippen LogP contribution in [0.3, 0.4) is 0 Å². The Bertz CT molecular complexity index is 861. The van der Waals surface area contributed by atoms with E-state index in [2.05, 4.69) is 6.07 Å². The standard InChI is InChI=1S/C20H21FN2O/c1-23(2)11-3-10-20(17-5-7-18(21)8-6-17)19-9-4-15(13-22)12-16(19)14-24-20/h4-9,12H,3,10-11,14H2,1-2H3/t20-/m0/s1/i1-1D3. The van der Waals surface area contributed by atoms with E-state index in [0.29, 0.717) is 31.6 Å². The summed E-state index contributed by atoms with van der Waals surface area (Å²) in [5.74, 6) is -0.325. The summed E-state index contributed by atoms with van der Waals surface area (Å²) in [6, 6.07) is 13.8. The highest BCUT2D eigenvalue weighted by molar-refractivity contribution is 5.47. The Morgan fingerprint density at radius 1 is 1.33 bits per heavy atom. The maximum absolute atomic E-state index is 13.4. The smallest absolute Gasteiger partial charge is 0.123 e. The first-order valence-electron chi connectivity index (χ1n) is 9.41. The highest BCUT2D eigenvalue weighted by Gasteiger charge is 2.41. The highest BCUT2D eigenvalue weighted by Crippen LogP contribution is 2.45. The minimum absolute atomic E-state index is 0.325. The van der Waals surface area contributed by atoms with E-state index in [1.807, 2.05) is 12.1 Å². The van der Waals surface area contributed by atoms with Crippen molar-refractivity contribution in [2.24, 2.45) is 0 Å². The summed E-state index contributed by atoms with van der Waals surface area (Å²) in [7, 11) is 1.57. The minimum Gasteiger partial charge on any atom is -0.361 e. The zero-order chi connectivity index (χ0) is 19.7. The van der Waals surface area contributed by atoms with Gasteiger partial charge in [-0.3, -0.25) is 0 Å². The van der Waals surface area contributed by atoms with Crippen LogP contribution in [0.25, 0.3) is 0 Å². The largest absolute Gasteiger partial charge is 0.361 e. The van der Waals surface area contributed by atoms with Gasteiger partial charge in [0.15, 0.2) is 0 Å². The van der Waals surface area contributed by atoms with Crippen molar-refractivity contribution in [3.63, 3.8) is 0 Å². The molecule has 0 radical (unpaired) electrons. The number of benzene rings is 2. The predicted octanol–water partition coefficient (Wildman–Crippen LogP) is 3.81. The first kappa shape index (κ1) is 13.1. The summed E-state index contributed by atoms with van der Waals surface area (Å²) in [6.45, 7) is -1.40. The van der Waals surface area contributed by atoms with Crippen molar-refractivity contribution in [3.05, 3.63) is 70.5 Å². The zero-order valence-corrected chi connectivity index (χ0v) is 13.6. The van der Waals surface area contributed by atoms with Crippen LogP contribution in [0, 0.1) is 17.1 Å². The molecule has 0 aromatic heterocycles. The Balaban J connectivity index is 1.93. The minimum atomic E-state index is -2.14. The molecule has 24 heavy (non-hydrogen) atoms. The first-order chi connectivity index (χ1) is 12.8. The third-order valence-electron chi connectivity index (χ3n) is 4.48. The highest BCUT2D eigenvalue weighted by atomic mass is 19.1. The maximum atomic E-state index is 13.4. The molecule has 0 spiro atoms. The molecule has 3 nitrogen and oxygen atoms in total. The van der Waals surface area contributed by atoms with Crippen molar-refractivity contribution >= 4 is 0 Å². The van der Waals surface area contributed by atoms with E-state index in [4.69, 9.17) is 14.1 Å². The lowest BCUT2D eigenvalue weighted by Crippen LogP contribution is -2.28. The van der Waals surface area contributed by atoms with E-state index >= 15 is 0 Å². The third kappa shape index (κ3) is 3.06. The van der Waals surface area contributed by atoms with Crippen LogP contribution < -0.4 is 0 Å². The van der Waals surface area contributed by atoms with Crippen molar-refractivity contribution in [1.29, 1.82) is 5.26 Å². The van der Waals surface area contributed by atoms with E-state index in [0.717, 1.165) is 16.7 Å². The average molecular weight is 326 g/mol. The fourth-order valence-electron chi connectivity index (χ4n) is 3.33. The summed E-state index contributed by atoms with van der Waals surface area (Å²) >= 11 is 0. The predicted molar refractivity (Wildman–Crippen MR) is 90.9 cm³/mol. The van der Waals surface area contributed by atoms with Crippen LogP contribution in [0.2, 0.25) is 0 Å². The summed E-state index contributed by atoms with van der Waals surface area (Å²) in [4.78, 5) is 1.33. The molecule has 0 unspecified atom stereocenters. The normalized spacial score (nSPS) is 21.7. The second-order valence-electron chi connectivity index (χ2n) is 6.13. The van der Waals surface area contributed by atoms with Crippen LogP contribution in [0.4, 0.5) is 4.39 Å². The molecular formula is C20H21FN2O. The van der Waals surface area contributed by atoms with Gasteiger partial charge >= 0.3 is 0 Å². The Labute approximate surface area is 146 Å². The van der Waals surface area contributed by atoms with Crippen LogP contribution >= 0.6 is 0 Å². The van der Waals surface area contributed by atoms with Crippen LogP contribution in [-0.4, -0.2) is 25.5 Å². The SMILES string of the molecule is [2H][11C]([2H])([2H])N(C)CCC[C@@]1(c2ccc(F)cc2)OCc2cc(C#N)ccc21. The van der Waals surface area contributed by atoms with Crippen molar-refractivity contribution in [1.82, 2.24) is 4.90 Å². The Kier molecular flexibility index (Phi) is 3.67. The lowest BCUT2D eigenvalue weighted by Gasteiger charge is -2.31. The van der Waals surface area contributed by atoms with Crippen LogP contribution in [0.1, 0.15) is 39.2 Å². The van der Waals surface area contributed by atoms with Gasteiger partial charge in [0.1, 0.15) is 11.4 Å². The van der Waals surface area contributed by atoms with Gasteiger partial charge in [-0.05, 0) is 74.4 Å². The molecule has 1 aliphatic heterocycles. The van der Waals surface area contributed by atoms with Gasteiger partial charge in [-0.2, -0.15) is 5.26 Å². The molecule has 4 heteroatoms. The van der Waals surface area contributed by atoms with Crippen molar-refractivity contribution in [2.75, 3.05) is 20.6 Å². The van der Waals surface area contributed by atoms with Gasteiger partial charge in [0.05, 0.1) is 18.2 Å². The van der Waals surface area contributed by atoms with Gasteiger partial charge in [-0.15, -0.1) is 0 Å². The summed E-state index contributed by atoms with van der Waals surface area (Å²) < 4.78 is 42.1. The third-order valence-corrected chi connectivity index (χ3v) is 4.48. The van der Waals surface area contributed by atoms with Crippen molar-refractivity contribution < 1.29 is 13.2 Å². The van der Waals surface area contributed by atoms with E-state index in [-0.39, 0.29) is 5.82 Å². The van der Waals surface area contributed by atoms with Gasteiger partial charge < -0.3 is 9.64 Å². The second kappa shape index (κ2) is 6.72. The number of halogens is 1. The quantitative estimate of drug-likeness (QED) is 0.838. The lowest BCUT2D eigenvalue weighted by molar-refractivity contribution is -0.0140. The topological polar surface area (TPSA) is 36.3 Å². The fourth-order valence-corrected chi connectivity index (χ4v) is 3.33. The molecule has 1 atom stereocenters. The van der Waals surface area contributed by atoms with E-state index in [1.165, 1.54) is 17.0 Å². The lowest BCUT2D eigenvalue weighted by atomic mass is 9.81. The van der Waals surface area contributed by atoms with Crippen molar-refractivity contribution in [3.8, 4) is 6.07 Å². The molecule has 2 aromatic carbocycles. The number of nitrogens with zero attached hydrogens (tertiary/aromatic N) is 2. The molecule has 0 bridgehead atoms. The fraction of sp³-hybridized carbons (Fsp3) is 0.350. The molecular weight excluding hydrogens is 302 g/mol. The number of fused-ring (bicyclic) bond motifs is 1. The van der Waals surface area contributed by atoms with E-state index in [1.54, 1.807) is 25.2 Å². The molecule has 2 aromatic rings. The number of rotatable bonds is 5. The van der Waals surface area contributed by atoms with Crippen molar-refractivity contribution in [2.45, 2.75) is 25.0 Å². The van der Waals surface area contributed by atoms with Gasteiger partial charge in [0.2, 0.25) is 0 Å². The Hall–Kier alpha value is -2.22. The van der Waals surface area contributed by atoms with Crippen LogP contribution in [-0.2, 0) is 16.9 Å². The molecule has 1 aliphatic rings. The van der Waals surface area contributed by atoms with Crippen LogP contribution in [0.5, 0.6) is 0 Å². The van der Waals surface area contributed by atoms with E-state index < -0.39 is 12.6 Å². The molecule has 3 rings (SSSR count). The average Bonchev–Trinajstić information content (AvgIpc) is 3.00. The number of ether oxygens (including phenoxy) is 1. The van der Waals surface area contributed by atoms with Crippen LogP contribution in [0.15, 0.2) is 42.5 Å². The maximum Gasteiger partial charge on any atom is 0.123 e. The van der Waals surface area contributed by atoms with Gasteiger partial charge in [-0.25, -0.2) is 4.39 Å². The van der Waals surface area contributed by atoms with E-state index in [9.17, 15) is 4.39 Å². The molecule has 0 fully saturated rings. The summed E-state index contributed by atoms with van der Waals surface area (Å²) in [6.07, 6.45) is 1.14. The Morgan fingerprint density at radius 2 is 2.12 bits per heavy atom. The molecule has 1 heterocycles.